The predicted octanol–water partition coefficient (Wildman–Crippen LogP) is 1.74. The highest BCUT2D eigenvalue weighted by molar-refractivity contribution is 5.05. The smallest absolute Gasteiger partial charge is 0.0522 e. The molecular formula is C11H21N3. The molecule has 0 aliphatic heterocycles. The number of likely N-dealkylation sites (N-methyl/N-ethyl adjacent to an activating group) is 1. The molecule has 1 N–H and O–H groups in total. The van der Waals surface area contributed by atoms with Crippen molar-refractivity contribution >= 4 is 0 Å². The average molecular weight is 195 g/mol. The van der Waals surface area contributed by atoms with Crippen molar-refractivity contribution in [3.63, 3.8) is 0 Å². The summed E-state index contributed by atoms with van der Waals surface area (Å²) >= 11 is 0. The quantitative estimate of drug-likeness (QED) is 0.749. The lowest BCUT2D eigenvalue weighted by Gasteiger charge is -2.14. The largest absolute Gasteiger partial charge is 0.317 e. The van der Waals surface area contributed by atoms with E-state index in [1.165, 1.54) is 24.8 Å². The number of nitrogens with zero attached hydrogens (tertiary/aromatic N) is 2. The number of nitrogens with one attached hydrogen (secondary N) is 1. The average Bonchev–Trinajstić information content (AvgIpc) is 2.58. The van der Waals surface area contributed by atoms with Crippen LogP contribution in [0.2, 0.25) is 0 Å². The Morgan fingerprint density at radius 2 is 2.36 bits per heavy atom. The Labute approximate surface area is 86.5 Å². The van der Waals surface area contributed by atoms with Crippen molar-refractivity contribution in [2.75, 3.05) is 7.05 Å². The third-order valence-electron chi connectivity index (χ3n) is 2.55. The molecule has 0 bridgehead atoms. The second kappa shape index (κ2) is 5.81. The van der Waals surface area contributed by atoms with Gasteiger partial charge < -0.3 is 5.32 Å². The van der Waals surface area contributed by atoms with Gasteiger partial charge in [0, 0.05) is 19.3 Å². The standard InChI is InChI=1S/C11H21N3/c1-4-5-6-11(12-2)7-10-8-13-14(3)9-10/h8-9,11-12H,4-7H2,1-3H3. The maximum absolute atomic E-state index is 4.17. The van der Waals surface area contributed by atoms with Crippen molar-refractivity contribution in [3.8, 4) is 0 Å². The van der Waals surface area contributed by atoms with Crippen LogP contribution in [0.1, 0.15) is 31.7 Å². The van der Waals surface area contributed by atoms with E-state index in [-0.39, 0.29) is 0 Å². The van der Waals surface area contributed by atoms with Gasteiger partial charge in [0.1, 0.15) is 0 Å². The van der Waals surface area contributed by atoms with Gasteiger partial charge in [-0.3, -0.25) is 4.68 Å². The second-order valence-corrected chi connectivity index (χ2v) is 3.85. The summed E-state index contributed by atoms with van der Waals surface area (Å²) in [5.41, 5.74) is 1.32. The van der Waals surface area contributed by atoms with E-state index < -0.39 is 0 Å². The Bertz CT molecular complexity index is 255. The molecule has 1 aromatic rings. The Balaban J connectivity index is 2.40. The van der Waals surface area contributed by atoms with E-state index in [4.69, 9.17) is 0 Å². The fraction of sp³-hybridized carbons (Fsp3) is 0.727. The zero-order chi connectivity index (χ0) is 10.4. The Kier molecular flexibility index (Phi) is 4.66. The molecule has 1 rings (SSSR count). The SMILES string of the molecule is CCCCC(Cc1cnn(C)c1)NC. The molecule has 1 unspecified atom stereocenters. The molecule has 14 heavy (non-hydrogen) atoms. The molecule has 80 valence electrons. The van der Waals surface area contributed by atoms with E-state index in [0.717, 1.165) is 6.42 Å². The highest BCUT2D eigenvalue weighted by Gasteiger charge is 2.07. The van der Waals surface area contributed by atoms with Crippen molar-refractivity contribution in [2.24, 2.45) is 7.05 Å². The van der Waals surface area contributed by atoms with Crippen molar-refractivity contribution in [1.29, 1.82) is 0 Å². The van der Waals surface area contributed by atoms with E-state index in [9.17, 15) is 0 Å². The first-order chi connectivity index (χ1) is 6.76. The van der Waals surface area contributed by atoms with Gasteiger partial charge in [-0.15, -0.1) is 0 Å². The number of unbranched alkanes of at least 4 members (excludes halogenated alkanes) is 1. The van der Waals surface area contributed by atoms with Crippen LogP contribution in [-0.2, 0) is 13.5 Å². The topological polar surface area (TPSA) is 29.9 Å². The van der Waals surface area contributed by atoms with Crippen LogP contribution in [0.3, 0.4) is 0 Å². The third-order valence-corrected chi connectivity index (χ3v) is 2.55. The summed E-state index contributed by atoms with van der Waals surface area (Å²) in [6, 6.07) is 0.596. The van der Waals surface area contributed by atoms with Crippen molar-refractivity contribution < 1.29 is 0 Å². The normalized spacial score (nSPS) is 13.1. The molecule has 3 nitrogen and oxygen atoms in total. The Hall–Kier alpha value is -0.830. The summed E-state index contributed by atoms with van der Waals surface area (Å²) in [7, 11) is 4.00. The van der Waals surface area contributed by atoms with E-state index in [2.05, 4.69) is 23.5 Å². The fourth-order valence-electron chi connectivity index (χ4n) is 1.66. The first kappa shape index (κ1) is 11.2. The molecule has 0 aliphatic carbocycles. The van der Waals surface area contributed by atoms with Gasteiger partial charge in [-0.2, -0.15) is 5.10 Å². The molecule has 1 atom stereocenters. The van der Waals surface area contributed by atoms with Gasteiger partial charge in [-0.1, -0.05) is 19.8 Å². The van der Waals surface area contributed by atoms with E-state index in [1.807, 2.05) is 25.0 Å². The van der Waals surface area contributed by atoms with Gasteiger partial charge in [0.05, 0.1) is 6.20 Å². The predicted molar refractivity (Wildman–Crippen MR) is 59.3 cm³/mol. The molecule has 0 aliphatic rings. The molecular weight excluding hydrogens is 174 g/mol. The van der Waals surface area contributed by atoms with Crippen molar-refractivity contribution in [1.82, 2.24) is 15.1 Å². The summed E-state index contributed by atoms with van der Waals surface area (Å²) in [5.74, 6) is 0. The highest BCUT2D eigenvalue weighted by atomic mass is 15.2. The van der Waals surface area contributed by atoms with Gasteiger partial charge in [0.25, 0.3) is 0 Å². The van der Waals surface area contributed by atoms with Crippen LogP contribution < -0.4 is 5.32 Å². The number of aromatic nitrogens is 2. The Morgan fingerprint density at radius 1 is 1.57 bits per heavy atom. The van der Waals surface area contributed by atoms with E-state index in [1.54, 1.807) is 0 Å². The molecule has 1 heterocycles. The van der Waals surface area contributed by atoms with Crippen LogP contribution in [0, 0.1) is 0 Å². The lowest BCUT2D eigenvalue weighted by Crippen LogP contribution is -2.27. The monoisotopic (exact) mass is 195 g/mol. The molecule has 0 spiro atoms. The summed E-state index contributed by atoms with van der Waals surface area (Å²) in [4.78, 5) is 0. The molecule has 1 aromatic heterocycles. The summed E-state index contributed by atoms with van der Waals surface area (Å²) in [5, 5.41) is 7.53. The van der Waals surface area contributed by atoms with E-state index in [0.29, 0.717) is 6.04 Å². The number of rotatable bonds is 6. The first-order valence-corrected chi connectivity index (χ1v) is 5.41. The Morgan fingerprint density at radius 3 is 2.86 bits per heavy atom. The summed E-state index contributed by atoms with van der Waals surface area (Å²) in [6.07, 6.45) is 8.95. The number of hydrogen-bond acceptors (Lipinski definition) is 2. The third kappa shape index (κ3) is 3.50. The highest BCUT2D eigenvalue weighted by Crippen LogP contribution is 2.07. The van der Waals surface area contributed by atoms with Crippen LogP contribution in [0.5, 0.6) is 0 Å². The van der Waals surface area contributed by atoms with Crippen molar-refractivity contribution in [2.45, 2.75) is 38.6 Å². The molecule has 0 amide bonds. The molecule has 0 aromatic carbocycles. The van der Waals surface area contributed by atoms with Crippen LogP contribution in [0.25, 0.3) is 0 Å². The zero-order valence-corrected chi connectivity index (χ0v) is 9.45. The minimum Gasteiger partial charge on any atom is -0.317 e. The number of aryl methyl sites for hydroxylation is 1. The first-order valence-electron chi connectivity index (χ1n) is 5.41. The molecule has 0 radical (unpaired) electrons. The maximum atomic E-state index is 4.17. The van der Waals surface area contributed by atoms with Gasteiger partial charge in [-0.05, 0) is 25.5 Å². The van der Waals surface area contributed by atoms with Crippen LogP contribution in [0.4, 0.5) is 0 Å². The molecule has 0 fully saturated rings. The fourth-order valence-corrected chi connectivity index (χ4v) is 1.66. The van der Waals surface area contributed by atoms with Gasteiger partial charge in [0.2, 0.25) is 0 Å². The molecule has 0 saturated heterocycles. The van der Waals surface area contributed by atoms with E-state index >= 15 is 0 Å². The van der Waals surface area contributed by atoms with Gasteiger partial charge >= 0.3 is 0 Å². The van der Waals surface area contributed by atoms with Crippen LogP contribution in [-0.4, -0.2) is 22.9 Å². The minimum absolute atomic E-state index is 0.596. The summed E-state index contributed by atoms with van der Waals surface area (Å²) < 4.78 is 1.86. The number of hydrogen-bond donors (Lipinski definition) is 1. The van der Waals surface area contributed by atoms with Gasteiger partial charge in [0.15, 0.2) is 0 Å². The minimum atomic E-state index is 0.596. The zero-order valence-electron chi connectivity index (χ0n) is 9.45. The lowest BCUT2D eigenvalue weighted by molar-refractivity contribution is 0.498. The summed E-state index contributed by atoms with van der Waals surface area (Å²) in [6.45, 7) is 2.23. The van der Waals surface area contributed by atoms with Crippen LogP contribution in [0.15, 0.2) is 12.4 Å². The molecule has 0 saturated carbocycles. The van der Waals surface area contributed by atoms with Crippen molar-refractivity contribution in [3.05, 3.63) is 18.0 Å². The van der Waals surface area contributed by atoms with Crippen LogP contribution >= 0.6 is 0 Å². The lowest BCUT2D eigenvalue weighted by atomic mass is 10.0. The second-order valence-electron chi connectivity index (χ2n) is 3.85. The van der Waals surface area contributed by atoms with Gasteiger partial charge in [-0.25, -0.2) is 0 Å². The molecule has 3 heteroatoms. The maximum Gasteiger partial charge on any atom is 0.0522 e.